The molecule has 18 N–H and O–H groups in total. The molecule has 4 amide bonds. The number of carbonyl (C=O) groups is 8. The number of Topliss-reactive ketones (excluding diaryl/α,β-unsaturated/α-hetero) is 3. The first kappa shape index (κ1) is 75.1. The fourth-order valence-corrected chi connectivity index (χ4v) is 13.7. The number of aliphatic carboxylic acids is 1. The molecule has 4 unspecified atom stereocenters. The quantitative estimate of drug-likeness (QED) is 0.0805. The minimum atomic E-state index is -2.19. The Kier molecular flexibility index (Phi) is 22.7. The van der Waals surface area contributed by atoms with E-state index in [0.717, 1.165) is 42.5 Å². The van der Waals surface area contributed by atoms with Crippen molar-refractivity contribution in [1.29, 1.82) is 0 Å². The molecule has 7 heterocycles. The second-order valence-corrected chi connectivity index (χ2v) is 27.4. The predicted octanol–water partition coefficient (Wildman–Crippen LogP) is 3.17. The van der Waals surface area contributed by atoms with Gasteiger partial charge in [0.15, 0.2) is 41.5 Å². The Hall–Kier alpha value is -8.60. The van der Waals surface area contributed by atoms with Gasteiger partial charge in [-0.25, -0.2) is 4.79 Å². The lowest BCUT2D eigenvalue weighted by atomic mass is 9.79. The van der Waals surface area contributed by atoms with Crippen LogP contribution in [0, 0.1) is 17.8 Å². The van der Waals surface area contributed by atoms with Crippen LogP contribution in [-0.2, 0) is 52.6 Å². The summed E-state index contributed by atoms with van der Waals surface area (Å²) in [6, 6.07) is 7.20. The second kappa shape index (κ2) is 30.5. The van der Waals surface area contributed by atoms with Crippen LogP contribution >= 0.6 is 23.2 Å². The monoisotopic (exact) mass is 1440 g/mol. The van der Waals surface area contributed by atoms with E-state index in [1.165, 1.54) is 57.3 Å². The molecule has 12 rings (SSSR count). The number of aliphatic hydroxyl groups excluding tert-OH is 6. The molecule has 5 aromatic rings. The number of aromatic hydroxyl groups is 3. The van der Waals surface area contributed by atoms with Crippen LogP contribution in [0.2, 0.25) is 10.0 Å². The van der Waals surface area contributed by atoms with Gasteiger partial charge in [0.25, 0.3) is 0 Å². The van der Waals surface area contributed by atoms with Crippen LogP contribution in [-0.4, -0.2) is 178 Å². The van der Waals surface area contributed by atoms with E-state index in [1.807, 2.05) is 13.8 Å². The van der Waals surface area contributed by atoms with E-state index in [-0.39, 0.29) is 57.5 Å². The number of carbonyl (C=O) groups excluding carboxylic acids is 7. The maximum atomic E-state index is 16.2. The Morgan fingerprint density at radius 1 is 0.743 bits per heavy atom. The number of fused-ring (bicyclic) bond motifs is 15. The van der Waals surface area contributed by atoms with Crippen molar-refractivity contribution < 1.29 is 118 Å². The van der Waals surface area contributed by atoms with Gasteiger partial charge in [-0.2, -0.15) is 0 Å². The molecule has 7 aliphatic heterocycles. The minimum absolute atomic E-state index is 0.0733. The fraction of sp³-hybridized carbons (Fsp3) is 0.449. The first-order valence-corrected chi connectivity index (χ1v) is 33.0. The van der Waals surface area contributed by atoms with Crippen molar-refractivity contribution >= 4 is 70.1 Å². The van der Waals surface area contributed by atoms with Crippen LogP contribution in [0.4, 0.5) is 0 Å². The number of nitrogens with one attached hydrogen (secondary N) is 4. The zero-order valence-corrected chi connectivity index (χ0v) is 56.5. The predicted molar refractivity (Wildman–Crippen MR) is 353 cm³/mol. The van der Waals surface area contributed by atoms with Gasteiger partial charge >= 0.3 is 5.97 Å². The van der Waals surface area contributed by atoms with Crippen LogP contribution in [0.15, 0.2) is 78.9 Å². The highest BCUT2D eigenvalue weighted by atomic mass is 35.5. The number of carboxylic acid groups (broad SMARTS) is 1. The molecule has 11 bridgehead atoms. The summed E-state index contributed by atoms with van der Waals surface area (Å²) in [4.78, 5) is 118. The zero-order chi connectivity index (χ0) is 73.5. The number of amides is 4. The van der Waals surface area contributed by atoms with Crippen molar-refractivity contribution in [3.8, 4) is 57.1 Å². The molecule has 0 saturated carbocycles. The van der Waals surface area contributed by atoms with Crippen LogP contribution < -0.4 is 46.9 Å². The maximum Gasteiger partial charge on any atom is 0.330 e. The van der Waals surface area contributed by atoms with E-state index in [4.69, 9.17) is 63.1 Å². The summed E-state index contributed by atoms with van der Waals surface area (Å²) in [5.41, 5.74) is 8.71. The summed E-state index contributed by atoms with van der Waals surface area (Å²) < 4.78 is 38.5. The van der Waals surface area contributed by atoms with Crippen LogP contribution in [0.5, 0.6) is 46.0 Å². The number of phenols is 3. The minimum Gasteiger partial charge on any atom is -0.508 e. The van der Waals surface area contributed by atoms with Crippen molar-refractivity contribution in [2.75, 3.05) is 13.7 Å². The molecule has 18 atom stereocenters. The van der Waals surface area contributed by atoms with Gasteiger partial charge in [0.1, 0.15) is 71.0 Å². The largest absolute Gasteiger partial charge is 0.508 e. The Bertz CT molecular complexity index is 4060. The molecule has 0 spiro atoms. The summed E-state index contributed by atoms with van der Waals surface area (Å²) in [5, 5.41) is 124. The van der Waals surface area contributed by atoms with E-state index < -0.39 is 244 Å². The first-order chi connectivity index (χ1) is 47.7. The third-order valence-corrected chi connectivity index (χ3v) is 19.3. The van der Waals surface area contributed by atoms with Gasteiger partial charge in [-0.1, -0.05) is 55.2 Å². The highest BCUT2D eigenvalue weighted by Crippen LogP contribution is 2.51. The lowest BCUT2D eigenvalue weighted by Crippen LogP contribution is -2.64. The molecule has 5 aromatic carbocycles. The normalized spacial score (nSPS) is 29.7. The third-order valence-electron chi connectivity index (χ3n) is 18.7. The number of benzene rings is 5. The van der Waals surface area contributed by atoms with Crippen molar-refractivity contribution in [2.45, 2.75) is 163 Å². The van der Waals surface area contributed by atoms with Crippen molar-refractivity contribution in [1.82, 2.24) is 21.3 Å². The Balaban J connectivity index is 1.24. The molecule has 0 aliphatic carbocycles. The number of ketones is 3. The Morgan fingerprint density at radius 2 is 1.38 bits per heavy atom. The number of aliphatic hydroxyl groups is 6. The number of hydrogen-bond acceptors (Lipinski definition) is 25. The molecule has 2 fully saturated rings. The fourth-order valence-electron chi connectivity index (χ4n) is 13.3. The van der Waals surface area contributed by atoms with E-state index in [2.05, 4.69) is 21.3 Å². The SMILES string of the molecule is CN[C@H](CC(C)C)C(=O)N[C@H]1C(=O)C[C@@H](CC(N)=O)C(=O)N[C@H]2C(=O)C[C@@H]3C(=O)C[C@H](C(=O)N[C@H](C(=O)O)c4cc(O)cc(O)c4-c4cc3ccc4O)[C@H](O)c3ccc(c(Cl)c3)Oc3cc2cc(c3OC2OC(CO)C(O)[C@H](O)[C@H]2O[C@H]2CC(C)(N)[C@H](O)[C@H](C)O2)Oc2ccc(cc2Cl)[C@H]1O. The van der Waals surface area contributed by atoms with Gasteiger partial charge in [0.05, 0.1) is 52.8 Å². The second-order valence-electron chi connectivity index (χ2n) is 26.6. The molecule has 0 radical (unpaired) electrons. The number of rotatable bonds is 13. The lowest BCUT2D eigenvalue weighted by Gasteiger charge is -2.47. The van der Waals surface area contributed by atoms with E-state index in [0.29, 0.717) is 0 Å². The molecule has 101 heavy (non-hydrogen) atoms. The van der Waals surface area contributed by atoms with Crippen molar-refractivity contribution in [2.24, 2.45) is 29.2 Å². The smallest absolute Gasteiger partial charge is 0.330 e. The van der Waals surface area contributed by atoms with Gasteiger partial charge in [-0.05, 0) is 110 Å². The third kappa shape index (κ3) is 16.0. The Labute approximate surface area is 586 Å². The number of phenolic OH excluding ortho intramolecular Hbond substituents is 3. The molecule has 32 heteroatoms. The van der Waals surface area contributed by atoms with Crippen molar-refractivity contribution in [3.63, 3.8) is 0 Å². The zero-order valence-electron chi connectivity index (χ0n) is 54.9. The van der Waals surface area contributed by atoms with Crippen LogP contribution in [0.3, 0.4) is 0 Å². The molecule has 7 aliphatic rings. The average Bonchev–Trinajstić information content (AvgIpc) is 0.775. The number of nitrogens with two attached hydrogens (primary N) is 2. The summed E-state index contributed by atoms with van der Waals surface area (Å²) in [7, 11) is 1.50. The molecular formula is C69H78Cl2N6O24. The van der Waals surface area contributed by atoms with Gasteiger partial charge in [0, 0.05) is 66.3 Å². The molecule has 542 valence electrons. The van der Waals surface area contributed by atoms with Gasteiger partial charge in [0.2, 0.25) is 35.7 Å². The summed E-state index contributed by atoms with van der Waals surface area (Å²) in [6.45, 7) is 5.74. The number of primary amides is 1. The number of halogens is 2. The van der Waals surface area contributed by atoms with Crippen LogP contribution in [0.1, 0.15) is 124 Å². The van der Waals surface area contributed by atoms with E-state index in [1.54, 1.807) is 0 Å². The Morgan fingerprint density at radius 3 is 1.96 bits per heavy atom. The molecule has 2 saturated heterocycles. The maximum absolute atomic E-state index is 16.2. The lowest BCUT2D eigenvalue weighted by molar-refractivity contribution is -0.333. The summed E-state index contributed by atoms with van der Waals surface area (Å²) in [6.07, 6.45) is -21.0. The molecular weight excluding hydrogens is 1370 g/mol. The number of likely N-dealkylation sites (N-methyl/N-ethyl adjacent to an activating group) is 1. The highest BCUT2D eigenvalue weighted by Gasteiger charge is 2.51. The molecule has 30 nitrogen and oxygen atoms in total. The van der Waals surface area contributed by atoms with Gasteiger partial charge in [-0.3, -0.25) is 33.6 Å². The summed E-state index contributed by atoms with van der Waals surface area (Å²) >= 11 is 14.2. The standard InChI is InChI=1S/C69H78Cl2N6O24/c1-26(2)12-40(74-5)66(93)77-56-44(83)16-32(19-51(72)85)64(91)75-54-31-17-48(61(49(18-31)98-47-11-8-30(58(56)87)15-39(47)71)101-68-62(60(89)59(88)50(25-78)99-68)100-52-24-69(4,73)63(90)27(3)96-52)97-46-10-7-29(14-38(46)70)57(86)37-23-42(81)34(22-45(54)84)28-6-9-41(80)35(13-28)53-36(20-33(79)21-43(53)82)55(67(94)95)76-65(37)92/h6-11,13-15,17-18,20-21,26-27,32,34,37,40,50,52,54-60,62-63,68,74,78-80,82,86-90H,12,16,19,22-25,73H2,1-5H3,(H2,72,85)(H,75,91)(H,76,92)(H,77,93)(H,94,95)/t27-,32-,34-,37-,40+,50?,52-,54+,55-,56-,57+,58+,59?,60-,62+,63+,68?,69?/m0/s1. The number of hydrogen-bond donors (Lipinski definition) is 16. The van der Waals surface area contributed by atoms with Gasteiger partial charge < -0.3 is 112 Å². The van der Waals surface area contributed by atoms with E-state index in [9.17, 15) is 75.0 Å². The average molecular weight is 1450 g/mol. The number of carboxylic acids is 1. The van der Waals surface area contributed by atoms with Gasteiger partial charge in [-0.15, -0.1) is 0 Å². The first-order valence-electron chi connectivity index (χ1n) is 32.3. The topological polar surface area (TPSA) is 494 Å². The van der Waals surface area contributed by atoms with Crippen molar-refractivity contribution in [3.05, 3.63) is 117 Å². The highest BCUT2D eigenvalue weighted by molar-refractivity contribution is 6.32. The summed E-state index contributed by atoms with van der Waals surface area (Å²) in [5.74, 6) is -19.8. The van der Waals surface area contributed by atoms with E-state index >= 15 is 14.4 Å². The molecule has 0 aromatic heterocycles. The number of ether oxygens (including phenoxy) is 6. The van der Waals surface area contributed by atoms with Crippen LogP contribution in [0.25, 0.3) is 11.1 Å².